The molecule has 3 nitrogen and oxygen atoms in total. The minimum Gasteiger partial charge on any atom is -0.283 e. The summed E-state index contributed by atoms with van der Waals surface area (Å²) in [4.78, 5) is 0. The van der Waals surface area contributed by atoms with Crippen LogP contribution in [0, 0.1) is 16.2 Å². The van der Waals surface area contributed by atoms with Crippen LogP contribution in [-0.4, -0.2) is 11.3 Å². The van der Waals surface area contributed by atoms with Crippen molar-refractivity contribution in [3.05, 3.63) is 23.3 Å². The predicted octanol–water partition coefficient (Wildman–Crippen LogP) is 6.55. The summed E-state index contributed by atoms with van der Waals surface area (Å²) in [6.07, 6.45) is 4.26. The van der Waals surface area contributed by atoms with Crippen molar-refractivity contribution in [2.24, 2.45) is 21.0 Å². The first-order valence-electron chi connectivity index (χ1n) is 8.07. The average Bonchev–Trinajstić information content (AvgIpc) is 2.54. The Kier molecular flexibility index (Phi) is 4.18. The van der Waals surface area contributed by atoms with E-state index in [0.29, 0.717) is 0 Å². The molecule has 1 aliphatic carbocycles. The first kappa shape index (κ1) is 19.0. The average molecular weight is 358 g/mol. The molecular formula is C18H29ClNO2P. The van der Waals surface area contributed by atoms with Crippen LogP contribution in [0.2, 0.25) is 0 Å². The summed E-state index contributed by atoms with van der Waals surface area (Å²) >= 11 is 6.10. The zero-order valence-electron chi connectivity index (χ0n) is 15.7. The molecule has 2 atom stereocenters. The van der Waals surface area contributed by atoms with Crippen molar-refractivity contribution in [3.8, 4) is 0 Å². The van der Waals surface area contributed by atoms with E-state index >= 15 is 0 Å². The van der Waals surface area contributed by atoms with Gasteiger partial charge in [-0.15, -0.1) is 0 Å². The third kappa shape index (κ3) is 3.25. The maximum atomic E-state index is 12.6. The van der Waals surface area contributed by atoms with Crippen LogP contribution in [0.4, 0.5) is 0 Å². The molecule has 0 radical (unpaired) electrons. The zero-order chi connectivity index (χ0) is 18.1. The third-order valence-electron chi connectivity index (χ3n) is 4.53. The second-order valence-electron chi connectivity index (χ2n) is 9.63. The smallest absolute Gasteiger partial charge is 0.283 e. The molecular weight excluding hydrogens is 329 g/mol. The van der Waals surface area contributed by atoms with E-state index in [4.69, 9.17) is 15.8 Å². The van der Waals surface area contributed by atoms with Gasteiger partial charge >= 0.3 is 6.87 Å². The number of nitrogens with zero attached hydrogens (tertiary/aromatic N) is 1. The van der Waals surface area contributed by atoms with Crippen LogP contribution < -0.4 is 0 Å². The number of rotatable bonds is 0. The van der Waals surface area contributed by atoms with Crippen LogP contribution in [0.5, 0.6) is 0 Å². The first-order chi connectivity index (χ1) is 10.00. The molecule has 2 rings (SSSR count). The molecule has 0 saturated heterocycles. The van der Waals surface area contributed by atoms with Crippen LogP contribution in [0.1, 0.15) is 62.3 Å². The maximum Gasteiger partial charge on any atom is 0.407 e. The molecule has 2 aliphatic rings. The molecule has 0 aromatic carbocycles. The van der Waals surface area contributed by atoms with Crippen molar-refractivity contribution < 1.29 is 9.09 Å². The highest BCUT2D eigenvalue weighted by Gasteiger charge is 2.58. The molecule has 0 unspecified atom stereocenters. The third-order valence-corrected chi connectivity index (χ3v) is 5.92. The summed E-state index contributed by atoms with van der Waals surface area (Å²) in [7, 11) is 0. The summed E-state index contributed by atoms with van der Waals surface area (Å²) in [6, 6.07) is 0. The Morgan fingerprint density at radius 1 is 1.04 bits per heavy atom. The van der Waals surface area contributed by atoms with Gasteiger partial charge in [-0.25, -0.2) is 4.57 Å². The molecule has 0 fully saturated rings. The van der Waals surface area contributed by atoms with E-state index in [-0.39, 0.29) is 16.2 Å². The van der Waals surface area contributed by atoms with E-state index < -0.39 is 12.5 Å². The SMILES string of the molecule is CC(C)(C)C1=C[C@]2(C(C)(C)C)O[P@](=O)(Cl)N=C2C(C(C)(C)C)=C1. The van der Waals surface area contributed by atoms with E-state index in [0.717, 1.165) is 16.9 Å². The van der Waals surface area contributed by atoms with Gasteiger partial charge in [-0.05, 0) is 39.3 Å². The van der Waals surface area contributed by atoms with Gasteiger partial charge in [-0.1, -0.05) is 68.4 Å². The maximum absolute atomic E-state index is 12.6. The Bertz CT molecular complexity index is 669. The molecule has 5 heteroatoms. The summed E-state index contributed by atoms with van der Waals surface area (Å²) in [5.41, 5.74) is 1.56. The largest absolute Gasteiger partial charge is 0.407 e. The van der Waals surface area contributed by atoms with Crippen molar-refractivity contribution in [2.75, 3.05) is 0 Å². The predicted molar refractivity (Wildman–Crippen MR) is 99.2 cm³/mol. The lowest BCUT2D eigenvalue weighted by Gasteiger charge is -2.45. The Labute approximate surface area is 145 Å². The molecule has 0 aromatic rings. The molecule has 0 bridgehead atoms. The Hall–Kier alpha value is -0.370. The number of hydrogen-bond acceptors (Lipinski definition) is 2. The number of allylic oxidation sites excluding steroid dienone is 2. The van der Waals surface area contributed by atoms with Crippen molar-refractivity contribution in [3.63, 3.8) is 0 Å². The zero-order valence-corrected chi connectivity index (χ0v) is 17.4. The minimum atomic E-state index is -3.52. The van der Waals surface area contributed by atoms with Gasteiger partial charge in [0.2, 0.25) is 0 Å². The normalized spacial score (nSPS) is 32.2. The van der Waals surface area contributed by atoms with Crippen molar-refractivity contribution in [1.29, 1.82) is 0 Å². The highest BCUT2D eigenvalue weighted by molar-refractivity contribution is 7.84. The van der Waals surface area contributed by atoms with Crippen LogP contribution in [0.3, 0.4) is 0 Å². The highest BCUT2D eigenvalue weighted by atomic mass is 35.7. The van der Waals surface area contributed by atoms with Gasteiger partial charge in [0, 0.05) is 5.41 Å². The topological polar surface area (TPSA) is 38.7 Å². The Morgan fingerprint density at radius 3 is 1.96 bits per heavy atom. The molecule has 0 N–H and O–H groups in total. The summed E-state index contributed by atoms with van der Waals surface area (Å²) in [6.45, 7) is 15.6. The van der Waals surface area contributed by atoms with Crippen LogP contribution in [0.25, 0.3) is 0 Å². The van der Waals surface area contributed by atoms with E-state index in [1.807, 2.05) is 0 Å². The minimum absolute atomic E-state index is 0.0530. The van der Waals surface area contributed by atoms with Gasteiger partial charge in [-0.3, -0.25) is 4.52 Å². The molecule has 0 aromatic heterocycles. The van der Waals surface area contributed by atoms with Gasteiger partial charge in [0.25, 0.3) is 0 Å². The van der Waals surface area contributed by atoms with Crippen LogP contribution >= 0.6 is 18.1 Å². The molecule has 0 amide bonds. The summed E-state index contributed by atoms with van der Waals surface area (Å²) < 4.78 is 22.9. The fourth-order valence-electron chi connectivity index (χ4n) is 2.98. The molecule has 23 heavy (non-hydrogen) atoms. The van der Waals surface area contributed by atoms with Gasteiger partial charge < -0.3 is 0 Å². The monoisotopic (exact) mass is 357 g/mol. The fourth-order valence-corrected chi connectivity index (χ4v) is 4.84. The van der Waals surface area contributed by atoms with E-state index in [9.17, 15) is 4.57 Å². The fraction of sp³-hybridized carbons (Fsp3) is 0.722. The molecule has 1 heterocycles. The first-order valence-corrected chi connectivity index (χ1v) is 10.5. The lowest BCUT2D eigenvalue weighted by atomic mass is 9.63. The summed E-state index contributed by atoms with van der Waals surface area (Å²) in [5.74, 6) is 0. The summed E-state index contributed by atoms with van der Waals surface area (Å²) in [5, 5.41) is 0. The number of hydrogen-bond donors (Lipinski definition) is 0. The quantitative estimate of drug-likeness (QED) is 0.461. The second-order valence-corrected chi connectivity index (χ2v) is 12.2. The van der Waals surface area contributed by atoms with Gasteiger partial charge in [-0.2, -0.15) is 4.76 Å². The van der Waals surface area contributed by atoms with E-state index in [1.54, 1.807) is 0 Å². The lowest BCUT2D eigenvalue weighted by molar-refractivity contribution is 0.0852. The number of fused-ring (bicyclic) bond motifs is 1. The van der Waals surface area contributed by atoms with Crippen LogP contribution in [0.15, 0.2) is 28.1 Å². The lowest BCUT2D eigenvalue weighted by Crippen LogP contribution is -2.51. The van der Waals surface area contributed by atoms with E-state index in [2.05, 4.69) is 79.2 Å². The highest BCUT2D eigenvalue weighted by Crippen LogP contribution is 2.67. The Balaban J connectivity index is 2.84. The van der Waals surface area contributed by atoms with Crippen molar-refractivity contribution >= 4 is 23.8 Å². The number of halogens is 1. The van der Waals surface area contributed by atoms with E-state index in [1.165, 1.54) is 0 Å². The van der Waals surface area contributed by atoms with Gasteiger partial charge in [0.05, 0.1) is 5.71 Å². The van der Waals surface area contributed by atoms with Crippen LogP contribution in [-0.2, 0) is 9.09 Å². The van der Waals surface area contributed by atoms with Crippen molar-refractivity contribution in [2.45, 2.75) is 67.9 Å². The molecule has 0 saturated carbocycles. The Morgan fingerprint density at radius 2 is 1.57 bits per heavy atom. The van der Waals surface area contributed by atoms with Gasteiger partial charge in [0.15, 0.2) is 0 Å². The molecule has 1 aliphatic heterocycles. The second kappa shape index (κ2) is 5.07. The molecule has 130 valence electrons. The van der Waals surface area contributed by atoms with Gasteiger partial charge in [0.1, 0.15) is 5.60 Å². The molecule has 0 spiro atoms. The standard InChI is InChI=1S/C18H29ClNO2P/c1-15(2,3)12-10-13(16(4,5)6)14-18(11-12,17(7,8)9)22-23(19,21)20-14/h10-11H,1-9H3/t18-,23+/m0/s1. The van der Waals surface area contributed by atoms with Crippen molar-refractivity contribution in [1.82, 2.24) is 0 Å².